The molecule has 0 bridgehead atoms. The number of carbonyl (C=O) groups is 1. The number of nitrogens with one attached hydrogen (secondary N) is 1. The van der Waals surface area contributed by atoms with Crippen LogP contribution in [0.25, 0.3) is 0 Å². The van der Waals surface area contributed by atoms with Crippen LogP contribution in [0.2, 0.25) is 0 Å². The van der Waals surface area contributed by atoms with Gasteiger partial charge >= 0.3 is 0 Å². The molecule has 2 heterocycles. The van der Waals surface area contributed by atoms with E-state index in [1.165, 1.54) is 24.1 Å². The molecule has 1 N–H and O–H groups in total. The number of aromatic nitrogens is 2. The number of hydrogen-bond donors (Lipinski definition) is 1. The fraction of sp³-hybridized carbons (Fsp3) is 0.625. The van der Waals surface area contributed by atoms with Crippen LogP contribution in [0, 0.1) is 0 Å². The van der Waals surface area contributed by atoms with E-state index in [1.807, 2.05) is 11.0 Å². The fourth-order valence-corrected chi connectivity index (χ4v) is 3.32. The number of aromatic amines is 1. The number of nitrogens with zero attached hydrogens (tertiary/aromatic N) is 2. The molecule has 0 saturated carbocycles. The Bertz CT molecular complexity index is 478. The maximum Gasteiger partial charge on any atom is 0.226 e. The average Bonchev–Trinajstić information content (AvgIpc) is 3.03. The molecule has 1 atom stereocenters. The first-order valence-electron chi connectivity index (χ1n) is 7.78. The van der Waals surface area contributed by atoms with E-state index >= 15 is 0 Å². The summed E-state index contributed by atoms with van der Waals surface area (Å²) in [6.07, 6.45) is 11.7. The highest BCUT2D eigenvalue weighted by atomic mass is 16.2. The molecule has 1 fully saturated rings. The van der Waals surface area contributed by atoms with Crippen molar-refractivity contribution in [2.45, 2.75) is 50.9 Å². The summed E-state index contributed by atoms with van der Waals surface area (Å²) in [5, 5.41) is 7.07. The van der Waals surface area contributed by atoms with Gasteiger partial charge in [-0.3, -0.25) is 9.89 Å². The van der Waals surface area contributed by atoms with Crippen LogP contribution in [0.5, 0.6) is 0 Å². The highest BCUT2D eigenvalue weighted by Gasteiger charge is 2.25. The fourth-order valence-electron chi connectivity index (χ4n) is 3.32. The third-order valence-corrected chi connectivity index (χ3v) is 4.50. The lowest BCUT2D eigenvalue weighted by Gasteiger charge is -2.32. The smallest absolute Gasteiger partial charge is 0.226 e. The van der Waals surface area contributed by atoms with Gasteiger partial charge in [0.1, 0.15) is 0 Å². The highest BCUT2D eigenvalue weighted by molar-refractivity contribution is 5.79. The van der Waals surface area contributed by atoms with Crippen molar-refractivity contribution in [2.75, 3.05) is 13.1 Å². The molecule has 20 heavy (non-hydrogen) atoms. The summed E-state index contributed by atoms with van der Waals surface area (Å²) in [7, 11) is 0. The second kappa shape index (κ2) is 6.25. The Morgan fingerprint density at radius 3 is 3.10 bits per heavy atom. The van der Waals surface area contributed by atoms with Crippen molar-refractivity contribution in [3.05, 3.63) is 29.6 Å². The number of hydrogen-bond acceptors (Lipinski definition) is 2. The summed E-state index contributed by atoms with van der Waals surface area (Å²) >= 11 is 0. The van der Waals surface area contributed by atoms with Gasteiger partial charge in [-0.15, -0.1) is 0 Å². The van der Waals surface area contributed by atoms with E-state index in [1.54, 1.807) is 6.20 Å². The van der Waals surface area contributed by atoms with Gasteiger partial charge in [-0.25, -0.2) is 0 Å². The number of carbonyl (C=O) groups excluding carboxylic acids is 1. The van der Waals surface area contributed by atoms with Crippen molar-refractivity contribution in [1.82, 2.24) is 15.1 Å². The summed E-state index contributed by atoms with van der Waals surface area (Å²) in [5.74, 6) is 0.734. The van der Waals surface area contributed by atoms with Gasteiger partial charge in [-0.05, 0) is 44.6 Å². The molecule has 1 aliphatic heterocycles. The first-order valence-corrected chi connectivity index (χ1v) is 7.78. The van der Waals surface area contributed by atoms with Crippen molar-refractivity contribution in [3.8, 4) is 0 Å². The normalized spacial score (nSPS) is 23.5. The zero-order valence-corrected chi connectivity index (χ0v) is 12.0. The van der Waals surface area contributed by atoms with Crippen molar-refractivity contribution in [1.29, 1.82) is 0 Å². The van der Waals surface area contributed by atoms with Gasteiger partial charge in [0, 0.05) is 37.3 Å². The molecule has 3 rings (SSSR count). The van der Waals surface area contributed by atoms with Crippen LogP contribution in [0.4, 0.5) is 0 Å². The highest BCUT2D eigenvalue weighted by Crippen LogP contribution is 2.27. The Labute approximate surface area is 120 Å². The molecule has 1 unspecified atom stereocenters. The van der Waals surface area contributed by atoms with Crippen LogP contribution in [-0.4, -0.2) is 34.1 Å². The van der Waals surface area contributed by atoms with E-state index in [2.05, 4.69) is 16.3 Å². The van der Waals surface area contributed by atoms with E-state index in [4.69, 9.17) is 0 Å². The molecule has 108 valence electrons. The molecule has 1 aliphatic carbocycles. The molecule has 2 aliphatic rings. The number of rotatable bonds is 3. The second-order valence-corrected chi connectivity index (χ2v) is 5.98. The lowest BCUT2D eigenvalue weighted by Crippen LogP contribution is -2.39. The predicted octanol–water partition coefficient (Wildman–Crippen LogP) is 3.01. The molecule has 4 nitrogen and oxygen atoms in total. The van der Waals surface area contributed by atoms with Crippen LogP contribution in [0.3, 0.4) is 0 Å². The minimum atomic E-state index is 0.308. The van der Waals surface area contributed by atoms with E-state index < -0.39 is 0 Å². The van der Waals surface area contributed by atoms with Gasteiger partial charge in [0.05, 0.1) is 0 Å². The van der Waals surface area contributed by atoms with Gasteiger partial charge in [0.2, 0.25) is 5.91 Å². The summed E-state index contributed by atoms with van der Waals surface area (Å²) in [5.41, 5.74) is 2.52. The van der Waals surface area contributed by atoms with Crippen LogP contribution >= 0.6 is 0 Å². The maximum atomic E-state index is 12.4. The third kappa shape index (κ3) is 3.11. The maximum absolute atomic E-state index is 12.4. The monoisotopic (exact) mass is 273 g/mol. The van der Waals surface area contributed by atoms with Crippen LogP contribution < -0.4 is 0 Å². The molecular weight excluding hydrogens is 250 g/mol. The predicted molar refractivity (Wildman–Crippen MR) is 78.3 cm³/mol. The summed E-state index contributed by atoms with van der Waals surface area (Å²) < 4.78 is 0. The Morgan fingerprint density at radius 1 is 1.40 bits per heavy atom. The molecule has 1 aromatic rings. The van der Waals surface area contributed by atoms with Crippen LogP contribution in [0.1, 0.15) is 56.6 Å². The van der Waals surface area contributed by atoms with E-state index in [0.29, 0.717) is 18.2 Å². The molecule has 0 radical (unpaired) electrons. The van der Waals surface area contributed by atoms with Gasteiger partial charge in [0.25, 0.3) is 0 Å². The molecule has 1 aromatic heterocycles. The van der Waals surface area contributed by atoms with Crippen molar-refractivity contribution in [2.24, 2.45) is 0 Å². The first kappa shape index (κ1) is 13.4. The third-order valence-electron chi connectivity index (χ3n) is 4.50. The standard InChI is InChI=1S/C16H23N3O/c20-16(11-13-5-2-1-3-6-13)19-10-4-7-14(12-19)15-8-9-17-18-15/h5,8-9,14H,1-4,6-7,10-12H2,(H,17,18). The lowest BCUT2D eigenvalue weighted by molar-refractivity contribution is -0.131. The summed E-state index contributed by atoms with van der Waals surface area (Å²) in [6.45, 7) is 1.76. The molecule has 1 saturated heterocycles. The molecule has 4 heteroatoms. The van der Waals surface area contributed by atoms with E-state index in [-0.39, 0.29) is 0 Å². The number of allylic oxidation sites excluding steroid dienone is 1. The number of likely N-dealkylation sites (tertiary alicyclic amines) is 1. The zero-order chi connectivity index (χ0) is 13.8. The van der Waals surface area contributed by atoms with Crippen molar-refractivity contribution in [3.63, 3.8) is 0 Å². The molecule has 0 spiro atoms. The Morgan fingerprint density at radius 2 is 2.35 bits per heavy atom. The SMILES string of the molecule is O=C(CC1=CCCCC1)N1CCCC(c2ccn[nH]2)C1. The Kier molecular flexibility index (Phi) is 4.19. The van der Waals surface area contributed by atoms with Crippen molar-refractivity contribution < 1.29 is 4.79 Å². The second-order valence-electron chi connectivity index (χ2n) is 5.98. The number of H-pyrrole nitrogens is 1. The van der Waals surface area contributed by atoms with E-state index in [9.17, 15) is 4.79 Å². The minimum absolute atomic E-state index is 0.308. The van der Waals surface area contributed by atoms with Gasteiger partial charge in [-0.1, -0.05) is 11.6 Å². The summed E-state index contributed by atoms with van der Waals surface area (Å²) in [4.78, 5) is 14.5. The summed E-state index contributed by atoms with van der Waals surface area (Å²) in [6, 6.07) is 2.03. The Hall–Kier alpha value is -1.58. The average molecular weight is 273 g/mol. The number of piperidine rings is 1. The zero-order valence-electron chi connectivity index (χ0n) is 12.0. The van der Waals surface area contributed by atoms with Gasteiger partial charge < -0.3 is 4.90 Å². The largest absolute Gasteiger partial charge is 0.342 e. The van der Waals surface area contributed by atoms with Crippen LogP contribution in [0.15, 0.2) is 23.9 Å². The number of amides is 1. The van der Waals surface area contributed by atoms with Gasteiger partial charge in [0.15, 0.2) is 0 Å². The minimum Gasteiger partial charge on any atom is -0.342 e. The first-order chi connectivity index (χ1) is 9.83. The van der Waals surface area contributed by atoms with Gasteiger partial charge in [-0.2, -0.15) is 5.10 Å². The lowest BCUT2D eigenvalue weighted by atomic mass is 9.93. The Balaban J connectivity index is 1.58. The molecule has 0 aromatic carbocycles. The molecular formula is C16H23N3O. The topological polar surface area (TPSA) is 49.0 Å². The van der Waals surface area contributed by atoms with Crippen molar-refractivity contribution >= 4 is 5.91 Å². The van der Waals surface area contributed by atoms with Crippen LogP contribution in [-0.2, 0) is 4.79 Å². The quantitative estimate of drug-likeness (QED) is 0.861. The van der Waals surface area contributed by atoms with E-state index in [0.717, 1.165) is 38.8 Å². The molecule has 1 amide bonds.